The highest BCUT2D eigenvalue weighted by Crippen LogP contribution is 2.30. The van der Waals surface area contributed by atoms with Gasteiger partial charge in [-0.3, -0.25) is 24.3 Å². The molecule has 24 heavy (non-hydrogen) atoms. The number of halogens is 3. The Morgan fingerprint density at radius 2 is 2.21 bits per heavy atom. The second-order valence-corrected chi connectivity index (χ2v) is 5.28. The van der Waals surface area contributed by atoms with E-state index in [1.165, 1.54) is 17.8 Å². The molecule has 0 bridgehead atoms. The number of aromatic nitrogens is 4. The van der Waals surface area contributed by atoms with Crippen LogP contribution in [-0.4, -0.2) is 30.4 Å². The Kier molecular flexibility index (Phi) is 5.12. The number of alkyl halides is 2. The number of amides is 1. The first-order valence-corrected chi connectivity index (χ1v) is 7.03. The van der Waals surface area contributed by atoms with E-state index >= 15 is 0 Å². The fourth-order valence-corrected chi connectivity index (χ4v) is 2.33. The van der Waals surface area contributed by atoms with Gasteiger partial charge in [0.05, 0.1) is 28.4 Å². The van der Waals surface area contributed by atoms with Crippen LogP contribution in [0.3, 0.4) is 0 Å². The molecule has 0 saturated carbocycles. The van der Waals surface area contributed by atoms with Crippen LogP contribution in [0.1, 0.15) is 23.5 Å². The van der Waals surface area contributed by atoms with Gasteiger partial charge in [0.25, 0.3) is 6.43 Å². The number of nitrogens with zero attached hydrogens (tertiary/aromatic N) is 5. The van der Waals surface area contributed by atoms with Gasteiger partial charge in [-0.2, -0.15) is 10.2 Å². The Labute approximate surface area is 139 Å². The van der Waals surface area contributed by atoms with E-state index in [0.29, 0.717) is 10.7 Å². The molecule has 0 atom stereocenters. The van der Waals surface area contributed by atoms with E-state index in [1.54, 1.807) is 7.05 Å². The summed E-state index contributed by atoms with van der Waals surface area (Å²) in [6, 6.07) is 0. The van der Waals surface area contributed by atoms with Crippen LogP contribution in [0.4, 0.5) is 14.5 Å². The molecule has 2 aromatic rings. The molecule has 0 aliphatic carbocycles. The second-order valence-electron chi connectivity index (χ2n) is 4.87. The third kappa shape index (κ3) is 3.50. The summed E-state index contributed by atoms with van der Waals surface area (Å²) in [5.74, 6) is -0.561. The average Bonchev–Trinajstić information content (AvgIpc) is 2.98. The zero-order valence-electron chi connectivity index (χ0n) is 12.7. The first kappa shape index (κ1) is 17.8. The predicted molar refractivity (Wildman–Crippen MR) is 78.6 cm³/mol. The van der Waals surface area contributed by atoms with Gasteiger partial charge in [-0.25, -0.2) is 8.78 Å². The summed E-state index contributed by atoms with van der Waals surface area (Å²) < 4.78 is 28.0. The van der Waals surface area contributed by atoms with Crippen LogP contribution >= 0.6 is 11.6 Å². The van der Waals surface area contributed by atoms with Gasteiger partial charge in [0, 0.05) is 7.05 Å². The Bertz CT molecular complexity index is 769. The topological polar surface area (TPSA) is 108 Å². The van der Waals surface area contributed by atoms with Crippen molar-refractivity contribution < 1.29 is 18.5 Å². The van der Waals surface area contributed by atoms with Crippen LogP contribution < -0.4 is 5.32 Å². The number of rotatable bonds is 6. The predicted octanol–water partition coefficient (Wildman–Crippen LogP) is 1.74. The van der Waals surface area contributed by atoms with E-state index in [9.17, 15) is 23.7 Å². The Morgan fingerprint density at radius 1 is 1.54 bits per heavy atom. The largest absolute Gasteiger partial charge is 0.349 e. The molecule has 0 fully saturated rings. The summed E-state index contributed by atoms with van der Waals surface area (Å²) in [4.78, 5) is 21.9. The number of carbonyl (C=O) groups excluding carboxylic acids is 1. The lowest BCUT2D eigenvalue weighted by atomic mass is 10.3. The lowest BCUT2D eigenvalue weighted by Gasteiger charge is -2.07. The third-order valence-corrected chi connectivity index (χ3v) is 3.66. The zero-order valence-corrected chi connectivity index (χ0v) is 13.4. The van der Waals surface area contributed by atoms with E-state index in [2.05, 4.69) is 15.5 Å². The van der Waals surface area contributed by atoms with Crippen molar-refractivity contribution in [2.24, 2.45) is 7.05 Å². The highest BCUT2D eigenvalue weighted by atomic mass is 35.5. The smallest absolute Gasteiger partial charge is 0.319 e. The first-order valence-electron chi connectivity index (χ1n) is 6.65. The molecule has 0 radical (unpaired) electrons. The number of hydrogen-bond donors (Lipinski definition) is 1. The molecule has 0 saturated heterocycles. The van der Waals surface area contributed by atoms with Crippen LogP contribution in [-0.2, 0) is 24.9 Å². The minimum Gasteiger partial charge on any atom is -0.349 e. The van der Waals surface area contributed by atoms with E-state index in [1.807, 2.05) is 0 Å². The monoisotopic (exact) mass is 362 g/mol. The molecule has 9 nitrogen and oxygen atoms in total. The van der Waals surface area contributed by atoms with E-state index < -0.39 is 35.2 Å². The fraction of sp³-hybridized carbons (Fsp3) is 0.417. The van der Waals surface area contributed by atoms with Gasteiger partial charge in [0.15, 0.2) is 0 Å². The number of aryl methyl sites for hydroxylation is 1. The number of nitro groups is 1. The minimum atomic E-state index is -3.11. The molecule has 130 valence electrons. The normalized spacial score (nSPS) is 11.1. The Balaban J connectivity index is 2.12. The van der Waals surface area contributed by atoms with E-state index in [-0.39, 0.29) is 12.2 Å². The van der Waals surface area contributed by atoms with Gasteiger partial charge >= 0.3 is 5.69 Å². The highest BCUT2D eigenvalue weighted by molar-refractivity contribution is 6.31. The van der Waals surface area contributed by atoms with E-state index in [0.717, 1.165) is 4.68 Å². The van der Waals surface area contributed by atoms with Crippen molar-refractivity contribution in [1.82, 2.24) is 24.9 Å². The molecular weight excluding hydrogens is 350 g/mol. The highest BCUT2D eigenvalue weighted by Gasteiger charge is 2.31. The summed E-state index contributed by atoms with van der Waals surface area (Å²) in [5.41, 5.74) is -1.31. The molecule has 12 heteroatoms. The van der Waals surface area contributed by atoms with Crippen molar-refractivity contribution >= 4 is 23.2 Å². The summed E-state index contributed by atoms with van der Waals surface area (Å²) in [6.45, 7) is 0.884. The molecular formula is C12H13ClF2N6O3. The maximum Gasteiger partial charge on any atom is 0.319 e. The lowest BCUT2D eigenvalue weighted by molar-refractivity contribution is -0.386. The fourth-order valence-electron chi connectivity index (χ4n) is 2.10. The molecule has 0 aliphatic rings. The maximum atomic E-state index is 12.8. The Hall–Kier alpha value is -2.56. The van der Waals surface area contributed by atoms with Crippen molar-refractivity contribution in [3.63, 3.8) is 0 Å². The molecule has 2 heterocycles. The summed E-state index contributed by atoms with van der Waals surface area (Å²) in [6.07, 6.45) is -1.69. The first-order chi connectivity index (χ1) is 11.2. The van der Waals surface area contributed by atoms with Crippen LogP contribution in [0.2, 0.25) is 5.02 Å². The number of carbonyl (C=O) groups is 1. The molecule has 0 aliphatic heterocycles. The summed E-state index contributed by atoms with van der Waals surface area (Å²) >= 11 is 5.90. The van der Waals surface area contributed by atoms with Gasteiger partial charge in [0.2, 0.25) is 11.6 Å². The average molecular weight is 363 g/mol. The third-order valence-electron chi connectivity index (χ3n) is 3.35. The molecule has 1 amide bonds. The molecule has 1 N–H and O–H groups in total. The van der Waals surface area contributed by atoms with Crippen LogP contribution in [0, 0.1) is 17.0 Å². The number of hydrogen-bond acceptors (Lipinski definition) is 5. The van der Waals surface area contributed by atoms with Crippen LogP contribution in [0.15, 0.2) is 6.20 Å². The van der Waals surface area contributed by atoms with Crippen LogP contribution in [0.5, 0.6) is 0 Å². The quantitative estimate of drug-likeness (QED) is 0.622. The SMILES string of the molecule is Cc1c([N+](=O)[O-])c(C(F)F)nn1CC(=O)NCc1c(Cl)cnn1C. The number of nitrogens with one attached hydrogen (secondary N) is 1. The molecule has 2 rings (SSSR count). The van der Waals surface area contributed by atoms with Gasteiger partial charge in [0.1, 0.15) is 12.2 Å². The van der Waals surface area contributed by atoms with Gasteiger partial charge in [-0.1, -0.05) is 11.6 Å². The van der Waals surface area contributed by atoms with Gasteiger partial charge < -0.3 is 5.32 Å². The van der Waals surface area contributed by atoms with Gasteiger partial charge in [-0.15, -0.1) is 0 Å². The van der Waals surface area contributed by atoms with Gasteiger partial charge in [-0.05, 0) is 6.92 Å². The maximum absolute atomic E-state index is 12.8. The van der Waals surface area contributed by atoms with Crippen molar-refractivity contribution in [3.8, 4) is 0 Å². The second kappa shape index (κ2) is 6.91. The Morgan fingerprint density at radius 3 is 2.67 bits per heavy atom. The standard InChI is InChI=1S/C12H13ClF2N6O3/c1-6-11(21(23)24)10(12(14)15)18-20(6)5-9(22)16-4-8-7(13)3-17-19(8)2/h3,12H,4-5H2,1-2H3,(H,16,22). The van der Waals surface area contributed by atoms with Crippen molar-refractivity contribution in [2.75, 3.05) is 0 Å². The summed E-state index contributed by atoms with van der Waals surface area (Å²) in [7, 11) is 1.64. The molecule has 0 aromatic carbocycles. The van der Waals surface area contributed by atoms with Crippen molar-refractivity contribution in [3.05, 3.63) is 38.4 Å². The van der Waals surface area contributed by atoms with E-state index in [4.69, 9.17) is 11.6 Å². The van der Waals surface area contributed by atoms with Crippen LogP contribution in [0.25, 0.3) is 0 Å². The van der Waals surface area contributed by atoms with Crippen molar-refractivity contribution in [2.45, 2.75) is 26.4 Å². The molecule has 0 unspecified atom stereocenters. The minimum absolute atomic E-state index is 0.0677. The lowest BCUT2D eigenvalue weighted by Crippen LogP contribution is -2.29. The summed E-state index contributed by atoms with van der Waals surface area (Å²) in [5, 5.41) is 21.2. The molecule has 2 aromatic heterocycles. The molecule has 0 spiro atoms. The zero-order chi connectivity index (χ0) is 18.0. The van der Waals surface area contributed by atoms with Crippen molar-refractivity contribution in [1.29, 1.82) is 0 Å².